The number of benzene rings is 3. The van der Waals surface area contributed by atoms with Gasteiger partial charge in [-0.3, -0.25) is 13.9 Å². The summed E-state index contributed by atoms with van der Waals surface area (Å²) in [6, 6.07) is 20.9. The van der Waals surface area contributed by atoms with E-state index in [-0.39, 0.29) is 23.4 Å². The molecule has 1 unspecified atom stereocenters. The number of hydrogen-bond acceptors (Lipinski definition) is 4. The number of amides is 2. The predicted octanol–water partition coefficient (Wildman–Crippen LogP) is 4.35. The van der Waals surface area contributed by atoms with Crippen LogP contribution in [-0.4, -0.2) is 43.8 Å². The number of anilines is 1. The van der Waals surface area contributed by atoms with Crippen molar-refractivity contribution >= 4 is 27.5 Å². The van der Waals surface area contributed by atoms with Crippen LogP contribution in [-0.2, 0) is 26.2 Å². The first-order chi connectivity index (χ1) is 17.6. The van der Waals surface area contributed by atoms with Gasteiger partial charge in [0.2, 0.25) is 11.8 Å². The van der Waals surface area contributed by atoms with Crippen LogP contribution in [0.4, 0.5) is 10.1 Å². The normalized spacial score (nSPS) is 12.1. The first-order valence-corrected chi connectivity index (χ1v) is 13.5. The molecule has 2 amide bonds. The first kappa shape index (κ1) is 27.9. The smallest absolute Gasteiger partial charge is 0.264 e. The van der Waals surface area contributed by atoms with Gasteiger partial charge in [-0.2, -0.15) is 0 Å². The van der Waals surface area contributed by atoms with Gasteiger partial charge in [0.1, 0.15) is 18.4 Å². The van der Waals surface area contributed by atoms with Crippen molar-refractivity contribution in [2.24, 2.45) is 0 Å². The zero-order valence-electron chi connectivity index (χ0n) is 21.2. The first-order valence-electron chi connectivity index (χ1n) is 12.1. The molecule has 0 heterocycles. The molecule has 0 spiro atoms. The Bertz CT molecular complexity index is 1280. The number of carbonyl (C=O) groups excluding carboxylic acids is 2. The van der Waals surface area contributed by atoms with E-state index in [0.29, 0.717) is 17.7 Å². The molecular weight excluding hydrogens is 493 g/mol. The van der Waals surface area contributed by atoms with Gasteiger partial charge in [-0.25, -0.2) is 12.8 Å². The molecule has 0 saturated carbocycles. The Morgan fingerprint density at radius 2 is 1.46 bits per heavy atom. The molecule has 0 bridgehead atoms. The molecule has 196 valence electrons. The van der Waals surface area contributed by atoms with Crippen LogP contribution in [0.3, 0.4) is 0 Å². The Kier molecular flexibility index (Phi) is 9.41. The van der Waals surface area contributed by atoms with E-state index in [1.165, 1.54) is 29.2 Å². The van der Waals surface area contributed by atoms with Gasteiger partial charge in [-0.1, -0.05) is 55.5 Å². The van der Waals surface area contributed by atoms with Crippen molar-refractivity contribution in [1.82, 2.24) is 10.2 Å². The second kappa shape index (κ2) is 12.5. The van der Waals surface area contributed by atoms with Crippen LogP contribution in [0.5, 0.6) is 0 Å². The predicted molar refractivity (Wildman–Crippen MR) is 142 cm³/mol. The standard InChI is InChI=1S/C28H32FN3O4S/c1-4-26(28(34)30-21(2)3)31(19-22-15-17-23(29)18-16-22)27(33)20-32(24-11-7-5-8-12-24)37(35,36)25-13-9-6-10-14-25/h5-18,21,26H,4,19-20H2,1-3H3,(H,30,34). The van der Waals surface area contributed by atoms with Gasteiger partial charge in [0, 0.05) is 12.6 Å². The van der Waals surface area contributed by atoms with Crippen LogP contribution < -0.4 is 9.62 Å². The van der Waals surface area contributed by atoms with Gasteiger partial charge >= 0.3 is 0 Å². The summed E-state index contributed by atoms with van der Waals surface area (Å²) in [6.07, 6.45) is 0.308. The van der Waals surface area contributed by atoms with Gasteiger partial charge < -0.3 is 10.2 Å². The molecule has 9 heteroatoms. The van der Waals surface area contributed by atoms with Crippen molar-refractivity contribution in [2.75, 3.05) is 10.8 Å². The molecule has 0 aliphatic carbocycles. The highest BCUT2D eigenvalue weighted by atomic mass is 32.2. The van der Waals surface area contributed by atoms with Gasteiger partial charge in [0.05, 0.1) is 10.6 Å². The summed E-state index contributed by atoms with van der Waals surface area (Å²) in [5.41, 5.74) is 0.934. The number of nitrogens with one attached hydrogen (secondary N) is 1. The van der Waals surface area contributed by atoms with Crippen LogP contribution >= 0.6 is 0 Å². The molecule has 0 fully saturated rings. The van der Waals surface area contributed by atoms with E-state index < -0.39 is 34.3 Å². The zero-order chi connectivity index (χ0) is 27.0. The quantitative estimate of drug-likeness (QED) is 0.403. The largest absolute Gasteiger partial charge is 0.352 e. The minimum atomic E-state index is -4.10. The summed E-state index contributed by atoms with van der Waals surface area (Å²) in [4.78, 5) is 28.3. The Morgan fingerprint density at radius 3 is 2.00 bits per heavy atom. The fourth-order valence-electron chi connectivity index (χ4n) is 3.93. The Labute approximate surface area is 218 Å². The third-order valence-electron chi connectivity index (χ3n) is 5.74. The molecule has 0 aromatic heterocycles. The molecule has 3 aromatic carbocycles. The summed E-state index contributed by atoms with van der Waals surface area (Å²) in [5.74, 6) is -1.32. The molecule has 0 radical (unpaired) electrons. The van der Waals surface area contributed by atoms with Crippen LogP contribution in [0, 0.1) is 5.82 Å². The van der Waals surface area contributed by atoms with Gasteiger partial charge in [0.15, 0.2) is 0 Å². The molecular formula is C28H32FN3O4S. The lowest BCUT2D eigenvalue weighted by Gasteiger charge is -2.33. The minimum Gasteiger partial charge on any atom is -0.352 e. The van der Waals surface area contributed by atoms with Gasteiger partial charge in [-0.15, -0.1) is 0 Å². The van der Waals surface area contributed by atoms with E-state index in [2.05, 4.69) is 5.32 Å². The second-order valence-electron chi connectivity index (χ2n) is 8.90. The monoisotopic (exact) mass is 525 g/mol. The van der Waals surface area contributed by atoms with E-state index in [0.717, 1.165) is 4.31 Å². The minimum absolute atomic E-state index is 0.0111. The van der Waals surface area contributed by atoms with Crippen molar-refractivity contribution in [1.29, 1.82) is 0 Å². The van der Waals surface area contributed by atoms with Crippen LogP contribution in [0.1, 0.15) is 32.8 Å². The molecule has 0 aliphatic rings. The lowest BCUT2D eigenvalue weighted by Crippen LogP contribution is -2.53. The number of para-hydroxylation sites is 1. The van der Waals surface area contributed by atoms with Crippen molar-refractivity contribution in [3.05, 3.63) is 96.3 Å². The third-order valence-corrected chi connectivity index (χ3v) is 7.53. The number of nitrogens with zero attached hydrogens (tertiary/aromatic N) is 2. The number of carbonyl (C=O) groups is 2. The highest BCUT2D eigenvalue weighted by molar-refractivity contribution is 7.92. The molecule has 37 heavy (non-hydrogen) atoms. The Hall–Kier alpha value is -3.72. The fraction of sp³-hybridized carbons (Fsp3) is 0.286. The summed E-state index contributed by atoms with van der Waals surface area (Å²) in [6.45, 7) is 4.91. The maximum Gasteiger partial charge on any atom is 0.264 e. The highest BCUT2D eigenvalue weighted by Crippen LogP contribution is 2.24. The van der Waals surface area contributed by atoms with E-state index in [4.69, 9.17) is 0 Å². The topological polar surface area (TPSA) is 86.8 Å². The molecule has 3 rings (SSSR count). The summed E-state index contributed by atoms with van der Waals surface area (Å²) in [5, 5.41) is 2.84. The lowest BCUT2D eigenvalue weighted by molar-refractivity contribution is -0.140. The maximum atomic E-state index is 13.8. The molecule has 0 saturated heterocycles. The molecule has 0 aliphatic heterocycles. The maximum absolute atomic E-state index is 13.8. The van der Waals surface area contributed by atoms with Crippen molar-refractivity contribution in [3.63, 3.8) is 0 Å². The molecule has 3 aromatic rings. The van der Waals surface area contributed by atoms with E-state index in [1.807, 2.05) is 13.8 Å². The number of hydrogen-bond donors (Lipinski definition) is 1. The Balaban J connectivity index is 2.02. The third kappa shape index (κ3) is 7.16. The molecule has 1 N–H and O–H groups in total. The molecule has 1 atom stereocenters. The Morgan fingerprint density at radius 1 is 0.892 bits per heavy atom. The van der Waals surface area contributed by atoms with Crippen molar-refractivity contribution in [3.8, 4) is 0 Å². The van der Waals surface area contributed by atoms with Gasteiger partial charge in [0.25, 0.3) is 10.0 Å². The van der Waals surface area contributed by atoms with Crippen LogP contribution in [0.15, 0.2) is 89.8 Å². The number of rotatable bonds is 11. The average molecular weight is 526 g/mol. The zero-order valence-corrected chi connectivity index (χ0v) is 22.0. The van der Waals surface area contributed by atoms with Crippen molar-refractivity contribution in [2.45, 2.75) is 50.7 Å². The number of sulfonamides is 1. The van der Waals surface area contributed by atoms with Crippen molar-refractivity contribution < 1.29 is 22.4 Å². The lowest BCUT2D eigenvalue weighted by atomic mass is 10.1. The highest BCUT2D eigenvalue weighted by Gasteiger charge is 2.33. The second-order valence-corrected chi connectivity index (χ2v) is 10.8. The summed E-state index contributed by atoms with van der Waals surface area (Å²) < 4.78 is 41.8. The van der Waals surface area contributed by atoms with Gasteiger partial charge in [-0.05, 0) is 62.2 Å². The SMILES string of the molecule is CCC(C(=O)NC(C)C)N(Cc1ccc(F)cc1)C(=O)CN(c1ccccc1)S(=O)(=O)c1ccccc1. The van der Waals surface area contributed by atoms with Crippen LogP contribution in [0.2, 0.25) is 0 Å². The van der Waals surface area contributed by atoms with E-state index >= 15 is 0 Å². The number of halogens is 1. The van der Waals surface area contributed by atoms with Crippen LogP contribution in [0.25, 0.3) is 0 Å². The van der Waals surface area contributed by atoms with E-state index in [9.17, 15) is 22.4 Å². The fourth-order valence-corrected chi connectivity index (χ4v) is 5.36. The van der Waals surface area contributed by atoms with E-state index in [1.54, 1.807) is 67.6 Å². The molecule has 7 nitrogen and oxygen atoms in total. The average Bonchev–Trinajstić information content (AvgIpc) is 2.88. The summed E-state index contributed by atoms with van der Waals surface area (Å²) >= 11 is 0. The summed E-state index contributed by atoms with van der Waals surface area (Å²) in [7, 11) is -4.10.